The van der Waals surface area contributed by atoms with Crippen LogP contribution in [0.2, 0.25) is 0 Å². The van der Waals surface area contributed by atoms with Crippen LogP contribution in [-0.2, 0) is 0 Å². The van der Waals surface area contributed by atoms with Crippen molar-refractivity contribution in [3.8, 4) is 22.3 Å². The summed E-state index contributed by atoms with van der Waals surface area (Å²) >= 11 is 0. The average Bonchev–Trinajstić information content (AvgIpc) is 3.00. The molecule has 0 saturated carbocycles. The molecule has 2 aromatic carbocycles. The van der Waals surface area contributed by atoms with Crippen molar-refractivity contribution in [2.75, 3.05) is 0 Å². The third kappa shape index (κ3) is 2.52. The number of Topliss-reactive ketones (excluding diaryl/α,β-unsaturated/α-hetero) is 1. The fourth-order valence-corrected chi connectivity index (χ4v) is 2.57. The highest BCUT2D eigenvalue weighted by atomic mass is 16.1. The molecule has 0 radical (unpaired) electrons. The highest BCUT2D eigenvalue weighted by Gasteiger charge is 2.18. The number of ketones is 1. The first-order chi connectivity index (χ1) is 10.3. The Morgan fingerprint density at radius 1 is 0.905 bits per heavy atom. The number of carbonyl (C=O) groups is 1. The number of rotatable bonds is 4. The molecule has 21 heavy (non-hydrogen) atoms. The van der Waals surface area contributed by atoms with Crippen molar-refractivity contribution in [1.29, 1.82) is 0 Å². The van der Waals surface area contributed by atoms with Gasteiger partial charge in [-0.15, -0.1) is 0 Å². The molecule has 104 valence electrons. The average molecular weight is 275 g/mol. The Morgan fingerprint density at radius 2 is 1.48 bits per heavy atom. The van der Waals surface area contributed by atoms with Gasteiger partial charge in [-0.25, -0.2) is 0 Å². The molecule has 2 heteroatoms. The largest absolute Gasteiger partial charge is 0.358 e. The summed E-state index contributed by atoms with van der Waals surface area (Å²) in [6, 6.07) is 20.2. The van der Waals surface area contributed by atoms with Crippen LogP contribution in [0.5, 0.6) is 0 Å². The van der Waals surface area contributed by atoms with Crippen molar-refractivity contribution < 1.29 is 4.79 Å². The molecule has 0 unspecified atom stereocenters. The first-order valence-corrected chi connectivity index (χ1v) is 7.16. The lowest BCUT2D eigenvalue weighted by atomic mass is 9.95. The van der Waals surface area contributed by atoms with Crippen LogP contribution in [0.15, 0.2) is 66.9 Å². The van der Waals surface area contributed by atoms with Gasteiger partial charge in [-0.3, -0.25) is 4.79 Å². The summed E-state index contributed by atoms with van der Waals surface area (Å²) in [5.41, 5.74) is 4.94. The Bertz CT molecular complexity index is 742. The van der Waals surface area contributed by atoms with Gasteiger partial charge in [-0.05, 0) is 11.1 Å². The maximum absolute atomic E-state index is 12.2. The Labute approximate surface area is 124 Å². The standard InChI is InChI=1S/C19H17NO/c1-2-17(21)19-18(15-11-7-4-8-12-15)16(13-20-19)14-9-5-3-6-10-14/h3-13,20H,2H2,1H3. The van der Waals surface area contributed by atoms with E-state index in [2.05, 4.69) is 17.1 Å². The van der Waals surface area contributed by atoms with Crippen LogP contribution in [-0.4, -0.2) is 10.8 Å². The first-order valence-electron chi connectivity index (χ1n) is 7.16. The van der Waals surface area contributed by atoms with Crippen molar-refractivity contribution in [2.24, 2.45) is 0 Å². The molecule has 3 aromatic rings. The van der Waals surface area contributed by atoms with E-state index >= 15 is 0 Å². The maximum atomic E-state index is 12.2. The summed E-state index contributed by atoms with van der Waals surface area (Å²) in [6.07, 6.45) is 2.43. The Morgan fingerprint density at radius 3 is 2.05 bits per heavy atom. The van der Waals surface area contributed by atoms with Crippen LogP contribution in [0.25, 0.3) is 22.3 Å². The first kappa shape index (κ1) is 13.4. The molecule has 0 amide bonds. The Hall–Kier alpha value is -2.61. The zero-order valence-corrected chi connectivity index (χ0v) is 12.0. The van der Waals surface area contributed by atoms with Crippen molar-refractivity contribution in [1.82, 2.24) is 4.98 Å². The summed E-state index contributed by atoms with van der Waals surface area (Å²) in [7, 11) is 0. The lowest BCUT2D eigenvalue weighted by Crippen LogP contribution is -1.99. The third-order valence-electron chi connectivity index (χ3n) is 3.63. The second-order valence-electron chi connectivity index (χ2n) is 4.96. The number of hydrogen-bond donors (Lipinski definition) is 1. The molecule has 2 nitrogen and oxygen atoms in total. The van der Waals surface area contributed by atoms with Gasteiger partial charge in [0.15, 0.2) is 5.78 Å². The van der Waals surface area contributed by atoms with Gasteiger partial charge >= 0.3 is 0 Å². The molecule has 3 rings (SSSR count). The monoisotopic (exact) mass is 275 g/mol. The van der Waals surface area contributed by atoms with Crippen LogP contribution in [0.1, 0.15) is 23.8 Å². The minimum atomic E-state index is 0.135. The predicted molar refractivity (Wildman–Crippen MR) is 86.3 cm³/mol. The van der Waals surface area contributed by atoms with Crippen LogP contribution in [0, 0.1) is 0 Å². The molecule has 0 bridgehead atoms. The van der Waals surface area contributed by atoms with Crippen molar-refractivity contribution in [3.05, 3.63) is 72.6 Å². The lowest BCUT2D eigenvalue weighted by Gasteiger charge is -2.07. The van der Waals surface area contributed by atoms with E-state index < -0.39 is 0 Å². The molecule has 0 saturated heterocycles. The molecule has 0 atom stereocenters. The highest BCUT2D eigenvalue weighted by Crippen LogP contribution is 2.35. The minimum absolute atomic E-state index is 0.135. The van der Waals surface area contributed by atoms with E-state index in [1.54, 1.807) is 0 Å². The third-order valence-corrected chi connectivity index (χ3v) is 3.63. The summed E-state index contributed by atoms with van der Waals surface area (Å²) in [6.45, 7) is 1.89. The second kappa shape index (κ2) is 5.80. The number of carbonyl (C=O) groups excluding carboxylic acids is 1. The molecule has 1 heterocycles. The Balaban J connectivity index is 2.23. The van der Waals surface area contributed by atoms with Crippen molar-refractivity contribution >= 4 is 5.78 Å². The fraction of sp³-hybridized carbons (Fsp3) is 0.105. The maximum Gasteiger partial charge on any atom is 0.179 e. The van der Waals surface area contributed by atoms with Gasteiger partial charge in [-0.1, -0.05) is 67.6 Å². The van der Waals surface area contributed by atoms with Gasteiger partial charge in [0, 0.05) is 23.7 Å². The highest BCUT2D eigenvalue weighted by molar-refractivity contribution is 6.04. The Kier molecular flexibility index (Phi) is 3.69. The van der Waals surface area contributed by atoms with E-state index in [0.717, 1.165) is 22.3 Å². The molecule has 0 aliphatic heterocycles. The summed E-state index contributed by atoms with van der Waals surface area (Å²) in [4.78, 5) is 15.4. The number of benzene rings is 2. The number of aromatic amines is 1. The summed E-state index contributed by atoms with van der Waals surface area (Å²) in [5, 5.41) is 0. The normalized spacial score (nSPS) is 10.5. The smallest absolute Gasteiger partial charge is 0.179 e. The van der Waals surface area contributed by atoms with Gasteiger partial charge in [0.1, 0.15) is 0 Å². The van der Waals surface area contributed by atoms with Gasteiger partial charge in [0.05, 0.1) is 5.69 Å². The molecule has 0 spiro atoms. The van der Waals surface area contributed by atoms with E-state index in [1.807, 2.05) is 61.7 Å². The van der Waals surface area contributed by atoms with Gasteiger partial charge in [0.2, 0.25) is 0 Å². The van der Waals surface area contributed by atoms with E-state index in [9.17, 15) is 4.79 Å². The quantitative estimate of drug-likeness (QED) is 0.672. The van der Waals surface area contributed by atoms with E-state index in [1.165, 1.54) is 0 Å². The minimum Gasteiger partial charge on any atom is -0.358 e. The molecule has 1 aromatic heterocycles. The molecular weight excluding hydrogens is 258 g/mol. The predicted octanol–water partition coefficient (Wildman–Crippen LogP) is 4.94. The van der Waals surface area contributed by atoms with Crippen LogP contribution in [0.3, 0.4) is 0 Å². The number of hydrogen-bond acceptors (Lipinski definition) is 1. The zero-order valence-electron chi connectivity index (χ0n) is 12.0. The van der Waals surface area contributed by atoms with E-state index in [-0.39, 0.29) is 5.78 Å². The topological polar surface area (TPSA) is 32.9 Å². The van der Waals surface area contributed by atoms with Gasteiger partial charge < -0.3 is 4.98 Å². The molecule has 0 aliphatic carbocycles. The van der Waals surface area contributed by atoms with Crippen molar-refractivity contribution in [3.63, 3.8) is 0 Å². The second-order valence-corrected chi connectivity index (χ2v) is 4.96. The molecule has 0 fully saturated rings. The molecule has 1 N–H and O–H groups in total. The van der Waals surface area contributed by atoms with Crippen molar-refractivity contribution in [2.45, 2.75) is 13.3 Å². The summed E-state index contributed by atoms with van der Waals surface area (Å²) < 4.78 is 0. The van der Waals surface area contributed by atoms with Crippen LogP contribution in [0.4, 0.5) is 0 Å². The fourth-order valence-electron chi connectivity index (χ4n) is 2.57. The molecule has 0 aliphatic rings. The number of aromatic nitrogens is 1. The number of nitrogens with one attached hydrogen (secondary N) is 1. The number of H-pyrrole nitrogens is 1. The van der Waals surface area contributed by atoms with Crippen LogP contribution >= 0.6 is 0 Å². The van der Waals surface area contributed by atoms with Gasteiger partial charge in [-0.2, -0.15) is 0 Å². The molecular formula is C19H17NO. The lowest BCUT2D eigenvalue weighted by molar-refractivity contribution is 0.0984. The zero-order chi connectivity index (χ0) is 14.7. The van der Waals surface area contributed by atoms with Crippen LogP contribution < -0.4 is 0 Å². The van der Waals surface area contributed by atoms with E-state index in [4.69, 9.17) is 0 Å². The van der Waals surface area contributed by atoms with E-state index in [0.29, 0.717) is 12.1 Å². The SMILES string of the molecule is CCC(=O)c1[nH]cc(-c2ccccc2)c1-c1ccccc1. The van der Waals surface area contributed by atoms with Gasteiger partial charge in [0.25, 0.3) is 0 Å². The summed E-state index contributed by atoms with van der Waals surface area (Å²) in [5.74, 6) is 0.135.